The van der Waals surface area contributed by atoms with Crippen LogP contribution in [0.5, 0.6) is 0 Å². The van der Waals surface area contributed by atoms with Crippen molar-refractivity contribution in [3.8, 4) is 0 Å². The molecule has 1 heterocycles. The molecule has 1 atom stereocenters. The van der Waals surface area contributed by atoms with E-state index >= 15 is 0 Å². The Morgan fingerprint density at radius 2 is 1.11 bits per heavy atom. The van der Waals surface area contributed by atoms with Crippen molar-refractivity contribution in [3.05, 3.63) is 148 Å². The van der Waals surface area contributed by atoms with E-state index in [9.17, 15) is 9.59 Å². The Morgan fingerprint density at radius 1 is 0.689 bits per heavy atom. The molecule has 5 nitrogen and oxygen atoms in total. The van der Waals surface area contributed by atoms with Crippen LogP contribution in [0.4, 0.5) is 0 Å². The number of esters is 2. The maximum atomic E-state index is 14.2. The van der Waals surface area contributed by atoms with Crippen molar-refractivity contribution in [1.29, 1.82) is 0 Å². The molecule has 0 saturated heterocycles. The Hall–Kier alpha value is -3.89. The summed E-state index contributed by atoms with van der Waals surface area (Å²) in [6.45, 7) is 5.63. The zero-order valence-electron chi connectivity index (χ0n) is 25.5. The standard InChI is InChI=1S/C37H36Cl2NO4P/c1-4-43-36(41)33-26(3)40-32(35(37(42)44-5-2)34(33)30-23-15-16-24-31(30)38)25-45(39,27-17-9-6-10-18-27,28-19-11-7-12-20-28)29-21-13-8-14-22-29/h6-24,34,40H,4-5,25H2,1-3H3. The van der Waals surface area contributed by atoms with Gasteiger partial charge in [-0.15, -0.1) is 0 Å². The van der Waals surface area contributed by atoms with Gasteiger partial charge >= 0.3 is 275 Å². The van der Waals surface area contributed by atoms with Crippen LogP contribution < -0.4 is 21.2 Å². The summed E-state index contributed by atoms with van der Waals surface area (Å²) < 4.78 is 11.2. The van der Waals surface area contributed by atoms with Gasteiger partial charge in [-0.05, 0) is 0 Å². The maximum absolute atomic E-state index is 14.2. The Morgan fingerprint density at radius 3 is 1.56 bits per heavy atom. The first-order chi connectivity index (χ1) is 21.7. The molecule has 8 heteroatoms. The molecule has 0 fully saturated rings. The van der Waals surface area contributed by atoms with Crippen molar-refractivity contribution in [3.63, 3.8) is 0 Å². The SMILES string of the molecule is CCOC(=O)C1=C(C)NC(CP(Cl)(c2ccccc2)(c2ccccc2)c2ccccc2)=C(C(=O)OCC)C1c1ccccc1Cl. The number of carbonyl (C=O) groups is 2. The van der Waals surface area contributed by atoms with Crippen molar-refractivity contribution in [2.75, 3.05) is 19.4 Å². The van der Waals surface area contributed by atoms with E-state index in [0.717, 1.165) is 15.9 Å². The summed E-state index contributed by atoms with van der Waals surface area (Å²) in [4.78, 5) is 27.8. The van der Waals surface area contributed by atoms with Crippen LogP contribution >= 0.6 is 28.8 Å². The Balaban J connectivity index is 1.89. The van der Waals surface area contributed by atoms with Gasteiger partial charge in [-0.3, -0.25) is 0 Å². The molecule has 4 aromatic carbocycles. The Labute approximate surface area is 274 Å². The quantitative estimate of drug-likeness (QED) is 0.142. The van der Waals surface area contributed by atoms with Crippen LogP contribution in [-0.4, -0.2) is 31.3 Å². The number of hydrogen-bond acceptors (Lipinski definition) is 5. The Bertz CT molecular complexity index is 1660. The summed E-state index contributed by atoms with van der Waals surface area (Å²) in [6, 6.07) is 37.3. The van der Waals surface area contributed by atoms with E-state index in [-0.39, 0.29) is 24.9 Å². The van der Waals surface area contributed by atoms with Crippen LogP contribution in [0.15, 0.2) is 138 Å². The summed E-state index contributed by atoms with van der Waals surface area (Å²) in [7, 11) is 0. The molecule has 0 aromatic heterocycles. The number of benzene rings is 4. The van der Waals surface area contributed by atoms with E-state index < -0.39 is 23.8 Å². The van der Waals surface area contributed by atoms with Crippen molar-refractivity contribution < 1.29 is 19.1 Å². The molecule has 0 amide bonds. The van der Waals surface area contributed by atoms with Gasteiger partial charge in [0.2, 0.25) is 0 Å². The minimum atomic E-state index is -3.92. The number of halogens is 2. The zero-order valence-corrected chi connectivity index (χ0v) is 27.9. The second kappa shape index (κ2) is 13.6. The second-order valence-electron chi connectivity index (χ2n) is 10.8. The molecule has 0 saturated carbocycles. The second-order valence-corrected chi connectivity index (χ2v) is 17.7. The van der Waals surface area contributed by atoms with Crippen LogP contribution in [0.1, 0.15) is 32.3 Å². The van der Waals surface area contributed by atoms with Gasteiger partial charge in [0.15, 0.2) is 0 Å². The molecule has 1 N–H and O–H groups in total. The first kappa shape index (κ1) is 32.5. The summed E-state index contributed by atoms with van der Waals surface area (Å²) >= 11 is 15.3. The van der Waals surface area contributed by atoms with E-state index in [4.69, 9.17) is 32.3 Å². The van der Waals surface area contributed by atoms with Crippen molar-refractivity contribution in [2.24, 2.45) is 0 Å². The van der Waals surface area contributed by atoms with Crippen LogP contribution in [0.2, 0.25) is 5.02 Å². The van der Waals surface area contributed by atoms with Crippen LogP contribution in [0.3, 0.4) is 0 Å². The summed E-state index contributed by atoms with van der Waals surface area (Å²) in [6.07, 6.45) is 0.230. The third-order valence-corrected chi connectivity index (χ3v) is 15.7. The van der Waals surface area contributed by atoms with E-state index in [1.165, 1.54) is 0 Å². The minimum absolute atomic E-state index is 0.142. The number of rotatable bonds is 10. The van der Waals surface area contributed by atoms with Crippen molar-refractivity contribution in [2.45, 2.75) is 26.7 Å². The number of allylic oxidation sites excluding steroid dienone is 2. The predicted octanol–water partition coefficient (Wildman–Crippen LogP) is 7.36. The van der Waals surface area contributed by atoms with Crippen LogP contribution in [0.25, 0.3) is 0 Å². The molecule has 5 rings (SSSR count). The zero-order chi connectivity index (χ0) is 32.1. The fraction of sp³-hybridized carbons (Fsp3) is 0.189. The van der Waals surface area contributed by atoms with Crippen molar-refractivity contribution in [1.82, 2.24) is 5.32 Å². The molecule has 1 unspecified atom stereocenters. The molecule has 0 aliphatic carbocycles. The number of dihydropyridines is 1. The predicted molar refractivity (Wildman–Crippen MR) is 186 cm³/mol. The number of hydrogen-bond donors (Lipinski definition) is 1. The van der Waals surface area contributed by atoms with E-state index in [1.807, 2.05) is 79.7 Å². The van der Waals surface area contributed by atoms with E-state index in [2.05, 4.69) is 41.7 Å². The average molecular weight is 661 g/mol. The molecular formula is C37H36Cl2NO4P. The number of ether oxygens (including phenoxy) is 2. The van der Waals surface area contributed by atoms with Gasteiger partial charge in [0.1, 0.15) is 0 Å². The average Bonchev–Trinajstić information content (AvgIpc) is 3.06. The monoisotopic (exact) mass is 659 g/mol. The van der Waals surface area contributed by atoms with Gasteiger partial charge in [-0.2, -0.15) is 0 Å². The number of carbonyl (C=O) groups excluding carboxylic acids is 2. The molecule has 0 bridgehead atoms. The van der Waals surface area contributed by atoms with Gasteiger partial charge in [0, 0.05) is 0 Å². The molecule has 0 radical (unpaired) electrons. The molecule has 232 valence electrons. The van der Waals surface area contributed by atoms with E-state index in [1.54, 1.807) is 19.9 Å². The van der Waals surface area contributed by atoms with Gasteiger partial charge in [-0.25, -0.2) is 0 Å². The fourth-order valence-corrected chi connectivity index (χ4v) is 12.5. The van der Waals surface area contributed by atoms with Gasteiger partial charge in [-0.1, -0.05) is 0 Å². The van der Waals surface area contributed by atoms with Crippen molar-refractivity contribution >= 4 is 56.7 Å². The molecule has 4 aromatic rings. The Kier molecular flexibility index (Phi) is 9.84. The van der Waals surface area contributed by atoms with Gasteiger partial charge in [0.25, 0.3) is 0 Å². The summed E-state index contributed by atoms with van der Waals surface area (Å²) in [5, 5.41) is 6.69. The van der Waals surface area contributed by atoms with E-state index in [0.29, 0.717) is 27.6 Å². The fourth-order valence-electron chi connectivity index (χ4n) is 6.21. The molecule has 45 heavy (non-hydrogen) atoms. The van der Waals surface area contributed by atoms with Crippen LogP contribution in [0, 0.1) is 0 Å². The summed E-state index contributed by atoms with van der Waals surface area (Å²) in [5.74, 6) is -5.88. The van der Waals surface area contributed by atoms with Gasteiger partial charge < -0.3 is 0 Å². The van der Waals surface area contributed by atoms with Crippen LogP contribution in [-0.2, 0) is 19.1 Å². The normalized spacial score (nSPS) is 15.9. The molecular weight excluding hydrogens is 624 g/mol. The molecule has 1 aliphatic rings. The third kappa shape index (κ3) is 5.93. The third-order valence-electron chi connectivity index (χ3n) is 8.19. The number of nitrogens with one attached hydrogen (secondary N) is 1. The molecule has 1 aliphatic heterocycles. The topological polar surface area (TPSA) is 64.6 Å². The summed E-state index contributed by atoms with van der Waals surface area (Å²) in [5.41, 5.74) is 2.28. The van der Waals surface area contributed by atoms with Gasteiger partial charge in [0.05, 0.1) is 0 Å². The molecule has 0 spiro atoms. The first-order valence-corrected chi connectivity index (χ1v) is 18.6. The first-order valence-electron chi connectivity index (χ1n) is 14.9.